The minimum absolute atomic E-state index is 0.0964. The largest absolute Gasteiger partial charge is 0.502 e. The van der Waals surface area contributed by atoms with Crippen molar-refractivity contribution in [2.75, 3.05) is 0 Å². The number of nitrogens with zero attached hydrogens (tertiary/aromatic N) is 2. The van der Waals surface area contributed by atoms with Crippen molar-refractivity contribution in [3.63, 3.8) is 0 Å². The summed E-state index contributed by atoms with van der Waals surface area (Å²) in [6.07, 6.45) is 5.07. The number of hydrogen-bond donors (Lipinski definition) is 2. The first-order valence-electron chi connectivity index (χ1n) is 7.21. The van der Waals surface area contributed by atoms with Crippen molar-refractivity contribution < 1.29 is 14.8 Å². The molecule has 0 saturated heterocycles. The van der Waals surface area contributed by atoms with E-state index in [1.807, 2.05) is 0 Å². The summed E-state index contributed by atoms with van der Waals surface area (Å²) >= 11 is 0. The SMILES string of the molecule is N#CC(NC(=O)c1ccc([N+](=O)[O-])c(O)c1)C1CCCCC1. The predicted molar refractivity (Wildman–Crippen MR) is 78.2 cm³/mol. The van der Waals surface area contributed by atoms with Crippen LogP contribution in [-0.2, 0) is 0 Å². The van der Waals surface area contributed by atoms with E-state index >= 15 is 0 Å². The Balaban J connectivity index is 2.09. The maximum absolute atomic E-state index is 12.1. The van der Waals surface area contributed by atoms with Crippen molar-refractivity contribution >= 4 is 11.6 Å². The number of nitro groups is 1. The van der Waals surface area contributed by atoms with Crippen LogP contribution >= 0.6 is 0 Å². The highest BCUT2D eigenvalue weighted by molar-refractivity contribution is 5.95. The second-order valence-electron chi connectivity index (χ2n) is 5.44. The number of hydrogen-bond acceptors (Lipinski definition) is 5. The molecule has 22 heavy (non-hydrogen) atoms. The minimum Gasteiger partial charge on any atom is -0.502 e. The van der Waals surface area contributed by atoms with E-state index in [2.05, 4.69) is 11.4 Å². The molecular formula is C15H17N3O4. The molecule has 7 nitrogen and oxygen atoms in total. The Kier molecular flexibility index (Phi) is 4.94. The van der Waals surface area contributed by atoms with Gasteiger partial charge in [-0.1, -0.05) is 19.3 Å². The van der Waals surface area contributed by atoms with Gasteiger partial charge in [0.25, 0.3) is 5.91 Å². The molecular weight excluding hydrogens is 286 g/mol. The van der Waals surface area contributed by atoms with Crippen molar-refractivity contribution in [1.82, 2.24) is 5.32 Å². The second-order valence-corrected chi connectivity index (χ2v) is 5.44. The zero-order valence-electron chi connectivity index (χ0n) is 12.0. The zero-order chi connectivity index (χ0) is 16.1. The van der Waals surface area contributed by atoms with Crippen molar-refractivity contribution in [3.05, 3.63) is 33.9 Å². The fourth-order valence-corrected chi connectivity index (χ4v) is 2.77. The molecule has 116 valence electrons. The summed E-state index contributed by atoms with van der Waals surface area (Å²) in [5.41, 5.74) is -0.361. The van der Waals surface area contributed by atoms with Crippen LogP contribution in [-0.4, -0.2) is 22.0 Å². The number of nitriles is 1. The average molecular weight is 303 g/mol. The third-order valence-corrected chi connectivity index (χ3v) is 3.98. The molecule has 2 rings (SSSR count). The highest BCUT2D eigenvalue weighted by atomic mass is 16.6. The van der Waals surface area contributed by atoms with Gasteiger partial charge < -0.3 is 10.4 Å². The molecule has 1 fully saturated rings. The Morgan fingerprint density at radius 2 is 2.09 bits per heavy atom. The van der Waals surface area contributed by atoms with Gasteiger partial charge in [0, 0.05) is 11.6 Å². The summed E-state index contributed by atoms with van der Waals surface area (Å²) in [6, 6.07) is 4.92. The van der Waals surface area contributed by atoms with Gasteiger partial charge >= 0.3 is 5.69 Å². The number of nitro benzene ring substituents is 1. The van der Waals surface area contributed by atoms with Crippen molar-refractivity contribution in [2.24, 2.45) is 5.92 Å². The van der Waals surface area contributed by atoms with Crippen molar-refractivity contribution in [1.29, 1.82) is 5.26 Å². The Hall–Kier alpha value is -2.62. The molecule has 1 amide bonds. The Morgan fingerprint density at radius 1 is 1.41 bits per heavy atom. The molecule has 1 unspecified atom stereocenters. The second kappa shape index (κ2) is 6.89. The van der Waals surface area contributed by atoms with E-state index in [1.54, 1.807) is 0 Å². The Bertz CT molecular complexity index is 618. The van der Waals surface area contributed by atoms with Gasteiger partial charge in [0.05, 0.1) is 11.0 Å². The van der Waals surface area contributed by atoms with Crippen LogP contribution in [0.2, 0.25) is 0 Å². The number of phenolic OH excluding ortho intramolecular Hbond substituents is 1. The molecule has 1 saturated carbocycles. The van der Waals surface area contributed by atoms with Gasteiger partial charge in [0.15, 0.2) is 5.75 Å². The molecule has 2 N–H and O–H groups in total. The average Bonchev–Trinajstić information content (AvgIpc) is 2.52. The molecule has 1 aliphatic carbocycles. The number of aromatic hydroxyl groups is 1. The predicted octanol–water partition coefficient (Wildman–Crippen LogP) is 2.50. The smallest absolute Gasteiger partial charge is 0.310 e. The Labute approximate surface area is 127 Å². The molecule has 1 aromatic carbocycles. The van der Waals surface area contributed by atoms with E-state index in [0.717, 1.165) is 44.2 Å². The Morgan fingerprint density at radius 3 is 2.64 bits per heavy atom. The van der Waals surface area contributed by atoms with Gasteiger partial charge in [0.1, 0.15) is 6.04 Å². The first kappa shape index (κ1) is 15.8. The molecule has 0 spiro atoms. The molecule has 7 heteroatoms. The molecule has 1 atom stereocenters. The third kappa shape index (κ3) is 3.52. The van der Waals surface area contributed by atoms with Crippen LogP contribution in [0.4, 0.5) is 5.69 Å². The van der Waals surface area contributed by atoms with Gasteiger partial charge in [-0.05, 0) is 30.9 Å². The number of phenols is 1. The summed E-state index contributed by atoms with van der Waals surface area (Å²) in [7, 11) is 0. The number of rotatable bonds is 4. The van der Waals surface area contributed by atoms with E-state index in [-0.39, 0.29) is 11.5 Å². The number of nitrogens with one attached hydrogen (secondary N) is 1. The molecule has 0 aliphatic heterocycles. The maximum Gasteiger partial charge on any atom is 0.310 e. The normalized spacial score (nSPS) is 16.5. The fraction of sp³-hybridized carbons (Fsp3) is 0.467. The lowest BCUT2D eigenvalue weighted by Crippen LogP contribution is -2.40. The van der Waals surface area contributed by atoms with Gasteiger partial charge in [-0.25, -0.2) is 0 Å². The van der Waals surface area contributed by atoms with Gasteiger partial charge in [-0.15, -0.1) is 0 Å². The lowest BCUT2D eigenvalue weighted by atomic mass is 9.84. The number of benzene rings is 1. The standard InChI is InChI=1S/C15H17N3O4/c16-9-12(10-4-2-1-3-5-10)17-15(20)11-6-7-13(18(21)22)14(19)8-11/h6-8,10,12,19H,1-5H2,(H,17,20). The van der Waals surface area contributed by atoms with Gasteiger partial charge in [0.2, 0.25) is 0 Å². The first-order valence-corrected chi connectivity index (χ1v) is 7.21. The van der Waals surface area contributed by atoms with Crippen LogP contribution < -0.4 is 5.32 Å². The molecule has 0 heterocycles. The summed E-state index contributed by atoms with van der Waals surface area (Å²) in [4.78, 5) is 22.1. The van der Waals surface area contributed by atoms with Crippen LogP contribution in [0.1, 0.15) is 42.5 Å². The number of carbonyl (C=O) groups excluding carboxylic acids is 1. The summed E-state index contributed by atoms with van der Waals surface area (Å²) in [5, 5.41) is 32.1. The van der Waals surface area contributed by atoms with E-state index in [0.29, 0.717) is 0 Å². The molecule has 0 radical (unpaired) electrons. The van der Waals surface area contributed by atoms with Gasteiger partial charge in [-0.2, -0.15) is 5.26 Å². The highest BCUT2D eigenvalue weighted by Crippen LogP contribution is 2.28. The number of amides is 1. The zero-order valence-corrected chi connectivity index (χ0v) is 12.0. The quantitative estimate of drug-likeness (QED) is 0.654. The first-order chi connectivity index (χ1) is 10.5. The lowest BCUT2D eigenvalue weighted by Gasteiger charge is -2.26. The van der Waals surface area contributed by atoms with Gasteiger partial charge in [-0.3, -0.25) is 14.9 Å². The molecule has 0 aromatic heterocycles. The van der Waals surface area contributed by atoms with Crippen LogP contribution in [0.5, 0.6) is 5.75 Å². The summed E-state index contributed by atoms with van der Waals surface area (Å²) in [5.74, 6) is -0.944. The minimum atomic E-state index is -0.725. The molecule has 0 bridgehead atoms. The van der Waals surface area contributed by atoms with Crippen LogP contribution in [0.3, 0.4) is 0 Å². The molecule has 1 aromatic rings. The van der Waals surface area contributed by atoms with Crippen molar-refractivity contribution in [2.45, 2.75) is 38.1 Å². The van der Waals surface area contributed by atoms with Crippen LogP contribution in [0, 0.1) is 27.4 Å². The summed E-state index contributed by atoms with van der Waals surface area (Å²) in [6.45, 7) is 0. The number of carbonyl (C=O) groups is 1. The summed E-state index contributed by atoms with van der Waals surface area (Å²) < 4.78 is 0. The van der Waals surface area contributed by atoms with E-state index < -0.39 is 28.3 Å². The van der Waals surface area contributed by atoms with Crippen molar-refractivity contribution in [3.8, 4) is 11.8 Å². The topological polar surface area (TPSA) is 116 Å². The highest BCUT2D eigenvalue weighted by Gasteiger charge is 2.26. The van der Waals surface area contributed by atoms with Crippen LogP contribution in [0.25, 0.3) is 0 Å². The lowest BCUT2D eigenvalue weighted by molar-refractivity contribution is -0.385. The fourth-order valence-electron chi connectivity index (χ4n) is 2.77. The van der Waals surface area contributed by atoms with Crippen LogP contribution in [0.15, 0.2) is 18.2 Å². The van der Waals surface area contributed by atoms with E-state index in [9.17, 15) is 25.3 Å². The maximum atomic E-state index is 12.1. The van der Waals surface area contributed by atoms with E-state index in [4.69, 9.17) is 0 Å². The monoisotopic (exact) mass is 303 g/mol. The molecule has 1 aliphatic rings. The van der Waals surface area contributed by atoms with E-state index in [1.165, 1.54) is 6.07 Å². The third-order valence-electron chi connectivity index (χ3n) is 3.98.